The lowest BCUT2D eigenvalue weighted by Crippen LogP contribution is -2.46. The van der Waals surface area contributed by atoms with Crippen LogP contribution in [0, 0.1) is 5.41 Å². The summed E-state index contributed by atoms with van der Waals surface area (Å²) >= 11 is 1.59. The van der Waals surface area contributed by atoms with E-state index < -0.39 is 78.6 Å². The Kier molecular flexibility index (Phi) is 16.3. The van der Waals surface area contributed by atoms with Gasteiger partial charge in [-0.15, -0.1) is 0 Å². The van der Waals surface area contributed by atoms with Gasteiger partial charge in [-0.05, 0) is 0 Å². The first kappa shape index (κ1) is 44.8. The number of hydrogen-bond acceptors (Lipinski definition) is 17. The van der Waals surface area contributed by atoms with Crippen molar-refractivity contribution in [3.8, 4) is 0 Å². The number of aromatic nitrogens is 4. The van der Waals surface area contributed by atoms with E-state index in [0.717, 1.165) is 23.0 Å². The topological polar surface area (TPSA) is 347 Å². The molecule has 3 rings (SSSR count). The smallest absolute Gasteiger partial charge is 0.386 e. The monoisotopic (exact) mass is 833 g/mol. The number of carbonyl (C=O) groups excluding carboxylic acids is 2. The lowest BCUT2D eigenvalue weighted by atomic mass is 9.87. The third-order valence-corrected chi connectivity index (χ3v) is 11.2. The van der Waals surface area contributed by atoms with Gasteiger partial charge in [0, 0.05) is 36.4 Å². The average Bonchev–Trinajstić information content (AvgIpc) is 3.62. The highest BCUT2D eigenvalue weighted by Crippen LogP contribution is 2.61. The molecule has 2 aromatic rings. The van der Waals surface area contributed by atoms with E-state index in [1.54, 1.807) is 23.9 Å². The van der Waals surface area contributed by atoms with Gasteiger partial charge in [-0.1, -0.05) is 38.7 Å². The maximum Gasteiger partial charge on any atom is 0.481 e. The Balaban J connectivity index is 1.51. The van der Waals surface area contributed by atoms with Crippen molar-refractivity contribution in [3.05, 3.63) is 37.5 Å². The van der Waals surface area contributed by atoms with Crippen LogP contribution in [0.5, 0.6) is 0 Å². The van der Waals surface area contributed by atoms with Gasteiger partial charge in [-0.2, -0.15) is 16.1 Å². The molecule has 27 heteroatoms. The molecular formula is C26H42N7O16P3S. The highest BCUT2D eigenvalue weighted by molar-refractivity contribution is 7.99. The third-order valence-electron chi connectivity index (χ3n) is 7.13. The first-order valence-corrected chi connectivity index (χ1v) is 21.1. The number of nitrogens with two attached hydrogens (primary N) is 1. The number of rotatable bonds is 22. The van der Waals surface area contributed by atoms with Crippen LogP contribution in [0.3, 0.4) is 0 Å². The normalized spacial score (nSPS) is 22.3. The van der Waals surface area contributed by atoms with E-state index in [-0.39, 0.29) is 35.9 Å². The van der Waals surface area contributed by atoms with Gasteiger partial charge in [0.25, 0.3) is 0 Å². The van der Waals surface area contributed by atoms with Crippen molar-refractivity contribution >= 4 is 64.0 Å². The number of phosphoric acid groups is 3. The van der Waals surface area contributed by atoms with E-state index in [4.69, 9.17) is 19.5 Å². The molecule has 0 aromatic carbocycles. The van der Waals surface area contributed by atoms with Gasteiger partial charge in [-0.25, -0.2) is 28.6 Å². The van der Waals surface area contributed by atoms with Crippen LogP contribution in [0.1, 0.15) is 26.5 Å². The number of allylic oxidation sites excluding steroid dienone is 2. The lowest BCUT2D eigenvalue weighted by molar-refractivity contribution is -0.137. The summed E-state index contributed by atoms with van der Waals surface area (Å²) in [5, 5.41) is 26.4. The Hall–Kier alpha value is -2.63. The second-order valence-electron chi connectivity index (χ2n) is 11.8. The maximum atomic E-state index is 12.6. The molecule has 1 aliphatic rings. The number of nitrogens with one attached hydrogen (secondary N) is 2. The summed E-state index contributed by atoms with van der Waals surface area (Å²) in [5.74, 6) is 0.0962. The number of imidazole rings is 1. The van der Waals surface area contributed by atoms with Crippen LogP contribution < -0.4 is 16.4 Å². The minimum absolute atomic E-state index is 0.0366. The number of nitrogens with zero attached hydrogens (tertiary/aromatic N) is 4. The molecule has 2 amide bonds. The summed E-state index contributed by atoms with van der Waals surface area (Å²) in [5.41, 5.74) is 4.30. The van der Waals surface area contributed by atoms with Crippen molar-refractivity contribution in [2.24, 2.45) is 5.41 Å². The van der Waals surface area contributed by atoms with E-state index in [9.17, 15) is 53.1 Å². The number of phosphoric ester groups is 3. The summed E-state index contributed by atoms with van der Waals surface area (Å²) in [4.78, 5) is 75.4. The number of thioether (sulfide) groups is 1. The molecule has 298 valence electrons. The largest absolute Gasteiger partial charge is 0.481 e. The van der Waals surface area contributed by atoms with Crippen LogP contribution in [0.2, 0.25) is 0 Å². The molecular weight excluding hydrogens is 791 g/mol. The summed E-state index contributed by atoms with van der Waals surface area (Å²) in [7, 11) is -16.3. The molecule has 0 aliphatic carbocycles. The minimum atomic E-state index is -5.55. The van der Waals surface area contributed by atoms with E-state index >= 15 is 0 Å². The standard InChI is InChI=1S/C26H42N7O16P3S/c1-4-5-6-10-53-11-9-28-17(34)7-8-29-24(37)21(36)26(2,3)13-46-52(43,44)49-51(41,42)45-12-16-20(48-50(38,39)40)19(35)25(47-16)33-15-32-18-22(27)30-14-31-23(18)33/h4-6,14-16,19-21,25,35-36H,1,7-13H2,2-3H3,(H,28,34)(H,29,37)(H,41,42)(H,43,44)(H2,27,30,31)(H2,38,39,40)/t16-,19-,20-,21+,25-/m1/s1. The van der Waals surface area contributed by atoms with Crippen molar-refractivity contribution in [2.75, 3.05) is 43.5 Å². The number of aliphatic hydroxyl groups is 2. The fourth-order valence-corrected chi connectivity index (χ4v) is 7.99. The van der Waals surface area contributed by atoms with E-state index in [1.165, 1.54) is 13.8 Å². The van der Waals surface area contributed by atoms with Crippen molar-refractivity contribution in [3.63, 3.8) is 0 Å². The number of amides is 2. The molecule has 10 N–H and O–H groups in total. The minimum Gasteiger partial charge on any atom is -0.386 e. The molecule has 53 heavy (non-hydrogen) atoms. The SMILES string of the molecule is C=CC=CCSCCNC(=O)CCNC(=O)[C@H](O)C(C)(C)COP(=O)(O)OP(=O)(O)OC[C@H]1O[C@@H](n2cnc3c(N)ncnc32)[C@H](O)[C@@H]1OP(=O)(O)O. The highest BCUT2D eigenvalue weighted by atomic mass is 32.2. The summed E-state index contributed by atoms with van der Waals surface area (Å²) < 4.78 is 62.0. The van der Waals surface area contributed by atoms with Crippen LogP contribution in [-0.4, -0.2) is 123 Å². The zero-order valence-corrected chi connectivity index (χ0v) is 31.8. The third kappa shape index (κ3) is 13.9. The van der Waals surface area contributed by atoms with Crippen molar-refractivity contribution in [1.29, 1.82) is 0 Å². The van der Waals surface area contributed by atoms with E-state index in [2.05, 4.69) is 41.0 Å². The Morgan fingerprint density at radius 1 is 1.13 bits per heavy atom. The van der Waals surface area contributed by atoms with Crippen LogP contribution >= 0.6 is 35.2 Å². The summed E-state index contributed by atoms with van der Waals surface area (Å²) in [6.07, 6.45) is -1.37. The number of anilines is 1. The van der Waals surface area contributed by atoms with Gasteiger partial charge in [0.2, 0.25) is 11.8 Å². The Labute approximate surface area is 306 Å². The van der Waals surface area contributed by atoms with Crippen LogP contribution in [0.15, 0.2) is 37.5 Å². The molecule has 1 fully saturated rings. The molecule has 3 heterocycles. The second kappa shape index (κ2) is 19.3. The number of carbonyl (C=O) groups is 2. The first-order valence-electron chi connectivity index (χ1n) is 15.4. The van der Waals surface area contributed by atoms with Gasteiger partial charge >= 0.3 is 23.5 Å². The van der Waals surface area contributed by atoms with Crippen LogP contribution in [0.4, 0.5) is 5.82 Å². The quantitative estimate of drug-likeness (QED) is 0.0424. The molecule has 1 aliphatic heterocycles. The zero-order valence-electron chi connectivity index (χ0n) is 28.3. The zero-order chi connectivity index (χ0) is 39.6. The molecule has 7 atom stereocenters. The number of ether oxygens (including phenoxy) is 1. The maximum absolute atomic E-state index is 12.6. The fraction of sp³-hybridized carbons (Fsp3) is 0.577. The molecule has 2 unspecified atom stereocenters. The van der Waals surface area contributed by atoms with E-state index in [0.29, 0.717) is 12.3 Å². The van der Waals surface area contributed by atoms with E-state index in [1.807, 2.05) is 6.08 Å². The van der Waals surface area contributed by atoms with Crippen molar-refractivity contribution in [1.82, 2.24) is 30.2 Å². The number of hydrogen-bond donors (Lipinski definition) is 9. The Bertz CT molecular complexity index is 1760. The summed E-state index contributed by atoms with van der Waals surface area (Å²) in [6.45, 7) is 4.39. The fourth-order valence-electron chi connectivity index (χ4n) is 4.51. The summed E-state index contributed by atoms with van der Waals surface area (Å²) in [6, 6.07) is 0. The molecule has 0 saturated carbocycles. The average molecular weight is 834 g/mol. The molecule has 2 aromatic heterocycles. The molecule has 0 bridgehead atoms. The second-order valence-corrected chi connectivity index (χ2v) is 17.2. The molecule has 1 saturated heterocycles. The number of aliphatic hydroxyl groups excluding tert-OH is 2. The molecule has 0 radical (unpaired) electrons. The van der Waals surface area contributed by atoms with Crippen LogP contribution in [0.25, 0.3) is 11.2 Å². The molecule has 23 nitrogen and oxygen atoms in total. The number of nitrogen functional groups attached to an aromatic ring is 1. The Morgan fingerprint density at radius 2 is 1.83 bits per heavy atom. The predicted octanol–water partition coefficient (Wildman–Crippen LogP) is -0.120. The number of fused-ring (bicyclic) bond motifs is 1. The van der Waals surface area contributed by atoms with Gasteiger partial charge in [0.05, 0.1) is 19.5 Å². The molecule has 0 spiro atoms. The van der Waals surface area contributed by atoms with Crippen molar-refractivity contribution < 1.29 is 75.7 Å². The first-order chi connectivity index (χ1) is 24.7. The van der Waals surface area contributed by atoms with Gasteiger partial charge in [0.1, 0.15) is 36.3 Å². The van der Waals surface area contributed by atoms with Gasteiger partial charge in [0.15, 0.2) is 17.7 Å². The highest BCUT2D eigenvalue weighted by Gasteiger charge is 2.50. The van der Waals surface area contributed by atoms with Crippen molar-refractivity contribution in [2.45, 2.75) is 50.9 Å². The predicted molar refractivity (Wildman–Crippen MR) is 186 cm³/mol. The van der Waals surface area contributed by atoms with Gasteiger partial charge < -0.3 is 50.9 Å². The Morgan fingerprint density at radius 3 is 2.51 bits per heavy atom. The van der Waals surface area contributed by atoms with Crippen LogP contribution in [-0.2, 0) is 45.9 Å². The van der Waals surface area contributed by atoms with Gasteiger partial charge in [-0.3, -0.25) is 27.7 Å². The lowest BCUT2D eigenvalue weighted by Gasteiger charge is -2.30.